The fraction of sp³-hybridized carbons (Fsp3) is 0.273. The number of esters is 1. The third-order valence-corrected chi connectivity index (χ3v) is 4.39. The molecule has 0 aromatic heterocycles. The summed E-state index contributed by atoms with van der Waals surface area (Å²) in [5.41, 5.74) is 0. The predicted molar refractivity (Wildman–Crippen MR) is 59.8 cm³/mol. The third-order valence-electron chi connectivity index (χ3n) is 1.88. The van der Waals surface area contributed by atoms with E-state index in [1.807, 2.05) is 30.3 Å². The summed E-state index contributed by atoms with van der Waals surface area (Å²) in [7, 11) is 1.26. The van der Waals surface area contributed by atoms with Gasteiger partial charge in [-0.25, -0.2) is 0 Å². The molecule has 0 aliphatic rings. The molecule has 0 aliphatic carbocycles. The van der Waals surface area contributed by atoms with Crippen LogP contribution in [0, 0.1) is 0 Å². The molecule has 1 atom stereocenters. The number of carboxylic acids is 1. The Morgan fingerprint density at radius 1 is 1.38 bits per heavy atom. The molecule has 16 heavy (non-hydrogen) atoms. The van der Waals surface area contributed by atoms with Crippen LogP contribution in [-0.2, 0) is 14.3 Å². The van der Waals surface area contributed by atoms with Crippen molar-refractivity contribution in [1.82, 2.24) is 0 Å². The summed E-state index contributed by atoms with van der Waals surface area (Å²) in [4.78, 5) is 21.3. The van der Waals surface area contributed by atoms with Crippen molar-refractivity contribution in [1.29, 1.82) is 0 Å². The summed E-state index contributed by atoms with van der Waals surface area (Å²) in [5, 5.41) is 8.99. The molecule has 4 nitrogen and oxygen atoms in total. The maximum absolute atomic E-state index is 11.0. The van der Waals surface area contributed by atoms with Crippen LogP contribution in [0.5, 0.6) is 0 Å². The number of rotatable bonds is 5. The van der Waals surface area contributed by atoms with Crippen LogP contribution in [0.1, 0.15) is 6.42 Å². The second kappa shape index (κ2) is 6.30. The van der Waals surface area contributed by atoms with Crippen molar-refractivity contribution >= 4 is 31.4 Å². The Labute approximate surface area is 99.8 Å². The first-order valence-corrected chi connectivity index (χ1v) is 6.49. The summed E-state index contributed by atoms with van der Waals surface area (Å²) in [6.45, 7) is 0. The Kier molecular flexibility index (Phi) is 5.02. The Hall–Kier alpha value is -1.32. The van der Waals surface area contributed by atoms with Crippen molar-refractivity contribution in [2.45, 2.75) is 11.2 Å². The molecule has 0 saturated heterocycles. The number of carbonyl (C=O) groups is 2. The van der Waals surface area contributed by atoms with Crippen molar-refractivity contribution < 1.29 is 19.4 Å². The van der Waals surface area contributed by atoms with E-state index in [1.165, 1.54) is 7.11 Å². The number of carboxylic acid groups (broad SMARTS) is 1. The first kappa shape index (κ1) is 12.7. The van der Waals surface area contributed by atoms with Crippen molar-refractivity contribution in [2.24, 2.45) is 0 Å². The molecule has 0 aliphatic heterocycles. The monoisotopic (exact) mass is 288 g/mol. The van der Waals surface area contributed by atoms with E-state index in [-0.39, 0.29) is 21.4 Å². The van der Waals surface area contributed by atoms with Crippen LogP contribution in [0.15, 0.2) is 30.3 Å². The zero-order valence-corrected chi connectivity index (χ0v) is 10.5. The second-order valence-corrected chi connectivity index (χ2v) is 5.72. The van der Waals surface area contributed by atoms with Crippen LogP contribution in [0.25, 0.3) is 0 Å². The molecule has 0 spiro atoms. The van der Waals surface area contributed by atoms with E-state index in [1.54, 1.807) is 0 Å². The van der Waals surface area contributed by atoms with Gasteiger partial charge in [-0.3, -0.25) is 0 Å². The van der Waals surface area contributed by atoms with Gasteiger partial charge in [0.2, 0.25) is 0 Å². The predicted octanol–water partition coefficient (Wildman–Crippen LogP) is 0.452. The van der Waals surface area contributed by atoms with Crippen LogP contribution < -0.4 is 4.46 Å². The molecule has 5 heteroatoms. The van der Waals surface area contributed by atoms with Crippen LogP contribution in [0.3, 0.4) is 0 Å². The number of carbonyl (C=O) groups excluding carboxylic acids is 1. The molecule has 0 radical (unpaired) electrons. The maximum atomic E-state index is 11.0. The Morgan fingerprint density at radius 3 is 2.50 bits per heavy atom. The number of hydrogen-bond acceptors (Lipinski definition) is 3. The first-order valence-electron chi connectivity index (χ1n) is 4.65. The molecular formula is C11H12O4Se. The molecule has 0 heterocycles. The molecule has 1 aromatic rings. The summed E-state index contributed by atoms with van der Waals surface area (Å²) < 4.78 is 5.44. The van der Waals surface area contributed by atoms with Crippen molar-refractivity contribution in [3.63, 3.8) is 0 Å². The average Bonchev–Trinajstić information content (AvgIpc) is 2.29. The zero-order chi connectivity index (χ0) is 12.0. The zero-order valence-electron chi connectivity index (χ0n) is 8.75. The molecule has 0 saturated carbocycles. The van der Waals surface area contributed by atoms with Gasteiger partial charge < -0.3 is 0 Å². The van der Waals surface area contributed by atoms with Gasteiger partial charge in [0.05, 0.1) is 0 Å². The van der Waals surface area contributed by atoms with Gasteiger partial charge in [0.25, 0.3) is 0 Å². The van der Waals surface area contributed by atoms with Crippen LogP contribution >= 0.6 is 0 Å². The molecule has 1 N–H and O–H groups in total. The van der Waals surface area contributed by atoms with E-state index >= 15 is 0 Å². The number of methoxy groups -OCH3 is 1. The molecule has 0 fully saturated rings. The van der Waals surface area contributed by atoms with Gasteiger partial charge in [-0.05, 0) is 0 Å². The Balaban J connectivity index is 2.65. The molecule has 1 unspecified atom stereocenters. The number of ether oxygens (including phenoxy) is 1. The van der Waals surface area contributed by atoms with E-state index in [0.717, 1.165) is 4.46 Å². The summed E-state index contributed by atoms with van der Waals surface area (Å²) >= 11 is -0.263. The van der Waals surface area contributed by atoms with Gasteiger partial charge in [0.1, 0.15) is 0 Å². The minimum absolute atomic E-state index is 0.0687. The SMILES string of the molecule is COC(=O)CC([Se]c1ccccc1)C(=O)O. The van der Waals surface area contributed by atoms with Gasteiger partial charge in [-0.2, -0.15) is 0 Å². The molecular weight excluding hydrogens is 275 g/mol. The van der Waals surface area contributed by atoms with E-state index < -0.39 is 16.8 Å². The molecule has 1 rings (SSSR count). The average molecular weight is 287 g/mol. The van der Waals surface area contributed by atoms with Crippen LogP contribution in [-0.4, -0.2) is 39.1 Å². The van der Waals surface area contributed by atoms with Crippen LogP contribution in [0.4, 0.5) is 0 Å². The topological polar surface area (TPSA) is 63.6 Å². The van der Waals surface area contributed by atoms with Gasteiger partial charge in [0.15, 0.2) is 0 Å². The third kappa shape index (κ3) is 4.04. The fourth-order valence-corrected chi connectivity index (χ4v) is 3.10. The van der Waals surface area contributed by atoms with Gasteiger partial charge in [-0.1, -0.05) is 0 Å². The standard InChI is InChI=1S/C11H12O4Se/c1-15-10(12)7-9(11(13)14)16-8-5-3-2-4-6-8/h2-6,9H,7H2,1H3,(H,13,14). The van der Waals surface area contributed by atoms with Crippen molar-refractivity contribution in [3.8, 4) is 0 Å². The molecule has 86 valence electrons. The van der Waals surface area contributed by atoms with Gasteiger partial charge in [0, 0.05) is 0 Å². The number of aliphatic carboxylic acids is 1. The van der Waals surface area contributed by atoms with Gasteiger partial charge in [-0.15, -0.1) is 0 Å². The molecule has 1 aromatic carbocycles. The minimum atomic E-state index is -0.950. The number of hydrogen-bond donors (Lipinski definition) is 1. The molecule has 0 amide bonds. The van der Waals surface area contributed by atoms with Crippen molar-refractivity contribution in [3.05, 3.63) is 30.3 Å². The number of benzene rings is 1. The van der Waals surface area contributed by atoms with E-state index in [4.69, 9.17) is 5.11 Å². The molecule has 0 bridgehead atoms. The Morgan fingerprint density at radius 2 is 2.00 bits per heavy atom. The normalized spacial score (nSPS) is 11.8. The van der Waals surface area contributed by atoms with E-state index in [9.17, 15) is 9.59 Å². The van der Waals surface area contributed by atoms with Gasteiger partial charge >= 0.3 is 99.5 Å². The quantitative estimate of drug-likeness (QED) is 0.631. The van der Waals surface area contributed by atoms with E-state index in [2.05, 4.69) is 4.74 Å². The summed E-state index contributed by atoms with van der Waals surface area (Å²) in [6.07, 6.45) is -0.0687. The second-order valence-electron chi connectivity index (χ2n) is 3.04. The summed E-state index contributed by atoms with van der Waals surface area (Å²) in [6, 6.07) is 9.32. The van der Waals surface area contributed by atoms with Crippen LogP contribution in [0.2, 0.25) is 4.82 Å². The fourth-order valence-electron chi connectivity index (χ4n) is 1.08. The van der Waals surface area contributed by atoms with E-state index in [0.29, 0.717) is 0 Å². The first-order chi connectivity index (χ1) is 7.63. The summed E-state index contributed by atoms with van der Waals surface area (Å²) in [5.74, 6) is -1.43. The van der Waals surface area contributed by atoms with Crippen molar-refractivity contribution in [2.75, 3.05) is 7.11 Å². The Bertz CT molecular complexity index is 364.